The summed E-state index contributed by atoms with van der Waals surface area (Å²) in [5, 5.41) is 3.65. The molecular weight excluding hydrogens is 250 g/mol. The first-order chi connectivity index (χ1) is 9.81. The topological polar surface area (TPSA) is 30.5 Å². The van der Waals surface area contributed by atoms with Crippen molar-refractivity contribution in [3.05, 3.63) is 29.8 Å². The molecule has 2 rings (SSSR count). The van der Waals surface area contributed by atoms with Gasteiger partial charge in [-0.05, 0) is 62.8 Å². The Morgan fingerprint density at radius 3 is 2.60 bits per heavy atom. The van der Waals surface area contributed by atoms with Crippen LogP contribution in [0, 0.1) is 5.92 Å². The number of nitrogens with one attached hydrogen (secondary N) is 1. The summed E-state index contributed by atoms with van der Waals surface area (Å²) in [4.78, 5) is 0. The number of hydrogen-bond donors (Lipinski definition) is 1. The van der Waals surface area contributed by atoms with Gasteiger partial charge in [0.15, 0.2) is 0 Å². The first kappa shape index (κ1) is 15.3. The maximum Gasteiger partial charge on any atom is 0.118 e. The molecule has 0 aliphatic heterocycles. The van der Waals surface area contributed by atoms with Crippen LogP contribution in [-0.4, -0.2) is 32.9 Å². The van der Waals surface area contributed by atoms with Crippen molar-refractivity contribution in [3.63, 3.8) is 0 Å². The van der Waals surface area contributed by atoms with E-state index in [1.807, 2.05) is 12.1 Å². The van der Waals surface area contributed by atoms with Gasteiger partial charge in [-0.2, -0.15) is 0 Å². The number of benzene rings is 1. The summed E-state index contributed by atoms with van der Waals surface area (Å²) in [6, 6.07) is 9.21. The van der Waals surface area contributed by atoms with Crippen LogP contribution in [0.2, 0.25) is 0 Å². The van der Waals surface area contributed by atoms with Crippen molar-refractivity contribution in [2.45, 2.75) is 38.6 Å². The first-order valence-corrected chi connectivity index (χ1v) is 7.76. The third-order valence-electron chi connectivity index (χ3n) is 3.83. The Morgan fingerprint density at radius 2 is 2.00 bits per heavy atom. The van der Waals surface area contributed by atoms with Crippen LogP contribution in [0.3, 0.4) is 0 Å². The number of hydrogen-bond acceptors (Lipinski definition) is 3. The molecule has 1 aliphatic carbocycles. The fourth-order valence-corrected chi connectivity index (χ4v) is 2.39. The van der Waals surface area contributed by atoms with Crippen molar-refractivity contribution < 1.29 is 9.47 Å². The maximum atomic E-state index is 5.51. The van der Waals surface area contributed by atoms with E-state index in [9.17, 15) is 0 Å². The predicted molar refractivity (Wildman–Crippen MR) is 82.3 cm³/mol. The minimum Gasteiger partial charge on any atom is -0.497 e. The average Bonchev–Trinajstić information content (AvgIpc) is 3.30. The zero-order valence-corrected chi connectivity index (χ0v) is 12.7. The van der Waals surface area contributed by atoms with E-state index in [-0.39, 0.29) is 0 Å². The second kappa shape index (κ2) is 8.28. The molecule has 3 nitrogen and oxygen atoms in total. The molecule has 0 bridgehead atoms. The van der Waals surface area contributed by atoms with Crippen LogP contribution in [0.25, 0.3) is 0 Å². The Bertz CT molecular complexity index is 373. The van der Waals surface area contributed by atoms with E-state index in [1.54, 1.807) is 7.11 Å². The Hall–Kier alpha value is -1.06. The largest absolute Gasteiger partial charge is 0.497 e. The highest BCUT2D eigenvalue weighted by Gasteiger charge is 2.22. The molecule has 0 amide bonds. The summed E-state index contributed by atoms with van der Waals surface area (Å²) >= 11 is 0. The Labute approximate surface area is 122 Å². The van der Waals surface area contributed by atoms with Gasteiger partial charge in [-0.1, -0.05) is 12.1 Å². The van der Waals surface area contributed by atoms with Gasteiger partial charge in [0.2, 0.25) is 0 Å². The minimum absolute atomic E-state index is 0.649. The van der Waals surface area contributed by atoms with Crippen LogP contribution in [0.4, 0.5) is 0 Å². The number of ether oxygens (including phenoxy) is 2. The summed E-state index contributed by atoms with van der Waals surface area (Å²) in [5.74, 6) is 1.58. The van der Waals surface area contributed by atoms with E-state index in [0.717, 1.165) is 44.4 Å². The molecule has 1 atom stereocenters. The summed E-state index contributed by atoms with van der Waals surface area (Å²) in [6.07, 6.45) is 4.93. The summed E-state index contributed by atoms with van der Waals surface area (Å²) in [6.45, 7) is 4.83. The predicted octanol–water partition coefficient (Wildman–Crippen LogP) is 3.03. The molecular formula is C17H27NO2. The SMILES string of the molecule is CCOCCC(CNC1CC1)Cc1ccc(OC)cc1. The molecule has 0 aromatic heterocycles. The molecule has 1 saturated carbocycles. The molecule has 1 unspecified atom stereocenters. The minimum atomic E-state index is 0.649. The second-order valence-corrected chi connectivity index (χ2v) is 5.59. The number of methoxy groups -OCH3 is 1. The van der Waals surface area contributed by atoms with E-state index in [4.69, 9.17) is 9.47 Å². The lowest BCUT2D eigenvalue weighted by molar-refractivity contribution is 0.131. The normalized spacial score (nSPS) is 16.1. The Balaban J connectivity index is 1.82. The van der Waals surface area contributed by atoms with E-state index >= 15 is 0 Å². The molecule has 1 aromatic rings. The molecule has 1 aliphatic rings. The highest BCUT2D eigenvalue weighted by atomic mass is 16.5. The zero-order chi connectivity index (χ0) is 14.2. The Kier molecular flexibility index (Phi) is 6.34. The molecule has 0 heterocycles. The lowest BCUT2D eigenvalue weighted by Crippen LogP contribution is -2.27. The number of rotatable bonds is 10. The van der Waals surface area contributed by atoms with E-state index in [2.05, 4.69) is 24.4 Å². The smallest absolute Gasteiger partial charge is 0.118 e. The van der Waals surface area contributed by atoms with Gasteiger partial charge in [-0.3, -0.25) is 0 Å². The third-order valence-corrected chi connectivity index (χ3v) is 3.83. The Morgan fingerprint density at radius 1 is 1.25 bits per heavy atom. The summed E-state index contributed by atoms with van der Waals surface area (Å²) in [5.41, 5.74) is 1.38. The molecule has 1 aromatic carbocycles. The van der Waals surface area contributed by atoms with Crippen LogP contribution >= 0.6 is 0 Å². The highest BCUT2D eigenvalue weighted by molar-refractivity contribution is 5.27. The molecule has 0 spiro atoms. The molecule has 1 N–H and O–H groups in total. The molecule has 0 radical (unpaired) electrons. The maximum absolute atomic E-state index is 5.51. The summed E-state index contributed by atoms with van der Waals surface area (Å²) in [7, 11) is 1.71. The van der Waals surface area contributed by atoms with Crippen molar-refractivity contribution >= 4 is 0 Å². The van der Waals surface area contributed by atoms with Crippen LogP contribution in [0.5, 0.6) is 5.75 Å². The van der Waals surface area contributed by atoms with Gasteiger partial charge < -0.3 is 14.8 Å². The fourth-order valence-electron chi connectivity index (χ4n) is 2.39. The van der Waals surface area contributed by atoms with Crippen molar-refractivity contribution in [2.75, 3.05) is 26.9 Å². The molecule has 0 saturated heterocycles. The van der Waals surface area contributed by atoms with Crippen LogP contribution in [0.15, 0.2) is 24.3 Å². The van der Waals surface area contributed by atoms with Crippen LogP contribution in [-0.2, 0) is 11.2 Å². The molecule has 1 fully saturated rings. The van der Waals surface area contributed by atoms with Crippen LogP contribution < -0.4 is 10.1 Å². The van der Waals surface area contributed by atoms with Crippen molar-refractivity contribution in [3.8, 4) is 5.75 Å². The fraction of sp³-hybridized carbons (Fsp3) is 0.647. The monoisotopic (exact) mass is 277 g/mol. The van der Waals surface area contributed by atoms with Crippen LogP contribution in [0.1, 0.15) is 31.7 Å². The first-order valence-electron chi connectivity index (χ1n) is 7.76. The zero-order valence-electron chi connectivity index (χ0n) is 12.7. The van der Waals surface area contributed by atoms with Crippen molar-refractivity contribution in [2.24, 2.45) is 5.92 Å². The van der Waals surface area contributed by atoms with Gasteiger partial charge in [0.25, 0.3) is 0 Å². The van der Waals surface area contributed by atoms with Crippen molar-refractivity contribution in [1.29, 1.82) is 0 Å². The lowest BCUT2D eigenvalue weighted by Gasteiger charge is -2.18. The van der Waals surface area contributed by atoms with E-state index < -0.39 is 0 Å². The van der Waals surface area contributed by atoms with Crippen molar-refractivity contribution in [1.82, 2.24) is 5.32 Å². The van der Waals surface area contributed by atoms with Gasteiger partial charge in [-0.15, -0.1) is 0 Å². The van der Waals surface area contributed by atoms with Gasteiger partial charge in [0.1, 0.15) is 5.75 Å². The molecule has 3 heteroatoms. The van der Waals surface area contributed by atoms with Gasteiger partial charge in [0, 0.05) is 19.3 Å². The quantitative estimate of drug-likeness (QED) is 0.667. The second-order valence-electron chi connectivity index (χ2n) is 5.59. The lowest BCUT2D eigenvalue weighted by atomic mass is 9.96. The average molecular weight is 277 g/mol. The third kappa shape index (κ3) is 5.51. The molecule has 112 valence electrons. The van der Waals surface area contributed by atoms with Gasteiger partial charge in [-0.25, -0.2) is 0 Å². The standard InChI is InChI=1S/C17H27NO2/c1-3-20-11-10-15(13-18-16-6-7-16)12-14-4-8-17(19-2)9-5-14/h4-5,8-9,15-16,18H,3,6-7,10-13H2,1-2H3. The van der Waals surface area contributed by atoms with E-state index in [0.29, 0.717) is 5.92 Å². The summed E-state index contributed by atoms with van der Waals surface area (Å²) < 4.78 is 10.7. The molecule has 20 heavy (non-hydrogen) atoms. The van der Waals surface area contributed by atoms with Gasteiger partial charge in [0.05, 0.1) is 7.11 Å². The highest BCUT2D eigenvalue weighted by Crippen LogP contribution is 2.21. The van der Waals surface area contributed by atoms with E-state index in [1.165, 1.54) is 18.4 Å². The van der Waals surface area contributed by atoms with Gasteiger partial charge >= 0.3 is 0 Å².